The number of aliphatic carboxylic acids is 1. The molecular weight excluding hydrogens is 1050 g/mol. The van der Waals surface area contributed by atoms with E-state index in [1.54, 1.807) is 0 Å². The number of rotatable bonds is 65. The van der Waals surface area contributed by atoms with Crippen LogP contribution in [0.15, 0.2) is 97.2 Å². The second-order valence-electron chi connectivity index (χ2n) is 24.8. The molecule has 0 fully saturated rings. The van der Waals surface area contributed by atoms with E-state index >= 15 is 0 Å². The number of unbranched alkanes of at least 4 members (excludes halogenated alkanes) is 34. The first-order valence-corrected chi connectivity index (χ1v) is 35.4. The minimum absolute atomic E-state index is 0.177. The van der Waals surface area contributed by atoms with Gasteiger partial charge in [-0.1, -0.05) is 297 Å². The summed E-state index contributed by atoms with van der Waals surface area (Å²) in [7, 11) is 5.96. The molecule has 0 bridgehead atoms. The molecule has 0 aromatic heterocycles. The number of carbonyl (C=O) groups is 3. The van der Waals surface area contributed by atoms with E-state index in [1.807, 2.05) is 21.1 Å². The van der Waals surface area contributed by atoms with Gasteiger partial charge in [0.05, 0.1) is 34.4 Å². The Morgan fingerprint density at radius 1 is 0.365 bits per heavy atom. The smallest absolute Gasteiger partial charge is 0.361 e. The van der Waals surface area contributed by atoms with Crippen LogP contribution in [0.25, 0.3) is 0 Å². The predicted octanol–water partition coefficient (Wildman–Crippen LogP) is 22.0. The third kappa shape index (κ3) is 67.6. The standard InChI is InChI=1S/C76H133NO8/c1-6-8-10-12-14-16-18-20-22-24-26-28-30-32-33-34-35-36-37-38-39-40-41-43-44-46-48-50-52-54-56-58-60-62-64-66-73(78)83-70-72(71-84-76(75(80)81)82-69-68-77(3,4)5)85-74(79)67-65-63-61-59-57-55-53-51-49-47-45-42-31-29-27-25-23-21-19-17-15-13-11-9-7-2/h9,11,15,17,21,23-24,26-27,29,42,45,49,51,55,57,72,76H,6-8,10,12-14,16,18-20,22,25,28,30-41,43-44,46-48,50,52-54,56,58-71H2,1-5H3/p+1/b11-9-,17-15-,23-21-,26-24-,29-27-,45-42-,51-49-,57-55-. The van der Waals surface area contributed by atoms with E-state index in [9.17, 15) is 19.5 Å². The van der Waals surface area contributed by atoms with Gasteiger partial charge in [-0.2, -0.15) is 0 Å². The minimum atomic E-state index is -1.53. The highest BCUT2D eigenvalue weighted by atomic mass is 16.7. The van der Waals surface area contributed by atoms with Crippen molar-refractivity contribution in [3.8, 4) is 0 Å². The lowest BCUT2D eigenvalue weighted by atomic mass is 10.0. The Balaban J connectivity index is 4.11. The number of quaternary nitrogens is 1. The van der Waals surface area contributed by atoms with Gasteiger partial charge in [0, 0.05) is 12.8 Å². The maximum absolute atomic E-state index is 12.9. The summed E-state index contributed by atoms with van der Waals surface area (Å²) in [5, 5.41) is 9.74. The molecule has 0 aliphatic carbocycles. The molecular formula is C76H134NO8+. The van der Waals surface area contributed by atoms with Crippen LogP contribution in [0.3, 0.4) is 0 Å². The lowest BCUT2D eigenvalue weighted by Crippen LogP contribution is -2.40. The number of hydrogen-bond donors (Lipinski definition) is 1. The van der Waals surface area contributed by atoms with Crippen molar-refractivity contribution in [2.45, 2.75) is 322 Å². The average Bonchev–Trinajstić information content (AvgIpc) is 3.49. The summed E-state index contributed by atoms with van der Waals surface area (Å²) in [4.78, 5) is 37.6. The fourth-order valence-corrected chi connectivity index (χ4v) is 9.93. The molecule has 1 N–H and O–H groups in total. The molecule has 9 heteroatoms. The van der Waals surface area contributed by atoms with Gasteiger partial charge < -0.3 is 28.5 Å². The topological polar surface area (TPSA) is 108 Å². The van der Waals surface area contributed by atoms with Crippen LogP contribution in [0.2, 0.25) is 0 Å². The third-order valence-corrected chi connectivity index (χ3v) is 15.3. The first kappa shape index (κ1) is 81.2. The molecule has 2 unspecified atom stereocenters. The van der Waals surface area contributed by atoms with Gasteiger partial charge in [0.15, 0.2) is 6.10 Å². The fourth-order valence-electron chi connectivity index (χ4n) is 9.93. The summed E-state index contributed by atoms with van der Waals surface area (Å²) in [6.07, 6.45) is 88.2. The molecule has 0 aliphatic rings. The zero-order valence-electron chi connectivity index (χ0n) is 56.0. The lowest BCUT2D eigenvalue weighted by Gasteiger charge is -2.25. The third-order valence-electron chi connectivity index (χ3n) is 15.3. The van der Waals surface area contributed by atoms with Crippen LogP contribution >= 0.6 is 0 Å². The second kappa shape index (κ2) is 66.2. The Morgan fingerprint density at radius 3 is 1.02 bits per heavy atom. The van der Waals surface area contributed by atoms with E-state index in [1.165, 1.54) is 193 Å². The number of esters is 2. The van der Waals surface area contributed by atoms with Gasteiger partial charge in [-0.3, -0.25) is 9.59 Å². The molecule has 490 valence electrons. The van der Waals surface area contributed by atoms with Gasteiger partial charge in [-0.15, -0.1) is 0 Å². The number of carboxylic acids is 1. The summed E-state index contributed by atoms with van der Waals surface area (Å²) in [6, 6.07) is 0. The van der Waals surface area contributed by atoms with E-state index < -0.39 is 24.3 Å². The van der Waals surface area contributed by atoms with Crippen LogP contribution in [-0.4, -0.2) is 87.4 Å². The summed E-state index contributed by atoms with van der Waals surface area (Å²) in [6.45, 7) is 4.75. The van der Waals surface area contributed by atoms with Crippen LogP contribution in [0.5, 0.6) is 0 Å². The molecule has 0 aliphatic heterocycles. The van der Waals surface area contributed by atoms with E-state index in [2.05, 4.69) is 111 Å². The summed E-state index contributed by atoms with van der Waals surface area (Å²) in [5.74, 6) is -2.05. The van der Waals surface area contributed by atoms with Crippen molar-refractivity contribution >= 4 is 17.9 Å². The first-order chi connectivity index (χ1) is 41.6. The molecule has 0 saturated heterocycles. The number of carboxylic acid groups (broad SMARTS) is 1. The minimum Gasteiger partial charge on any atom is -0.477 e. The second-order valence-corrected chi connectivity index (χ2v) is 24.8. The number of likely N-dealkylation sites (N-methyl/N-ethyl adjacent to an activating group) is 1. The largest absolute Gasteiger partial charge is 0.477 e. The van der Waals surface area contributed by atoms with E-state index in [-0.39, 0.29) is 32.2 Å². The van der Waals surface area contributed by atoms with E-state index in [0.717, 1.165) is 83.5 Å². The van der Waals surface area contributed by atoms with Gasteiger partial charge in [0.25, 0.3) is 6.29 Å². The number of hydrogen-bond acceptors (Lipinski definition) is 7. The summed E-state index contributed by atoms with van der Waals surface area (Å²) < 4.78 is 22.9. The van der Waals surface area contributed by atoms with Crippen molar-refractivity contribution in [3.63, 3.8) is 0 Å². The molecule has 0 heterocycles. The normalized spacial score (nSPS) is 13.3. The molecule has 0 amide bonds. The summed E-state index contributed by atoms with van der Waals surface area (Å²) in [5.41, 5.74) is 0. The van der Waals surface area contributed by atoms with Crippen LogP contribution in [-0.2, 0) is 33.3 Å². The maximum Gasteiger partial charge on any atom is 0.361 e. The van der Waals surface area contributed by atoms with Crippen LogP contribution in [0.1, 0.15) is 309 Å². The van der Waals surface area contributed by atoms with Gasteiger partial charge >= 0.3 is 17.9 Å². The van der Waals surface area contributed by atoms with Gasteiger partial charge in [0.1, 0.15) is 13.2 Å². The number of ether oxygens (including phenoxy) is 4. The van der Waals surface area contributed by atoms with Crippen molar-refractivity contribution in [1.29, 1.82) is 0 Å². The first-order valence-electron chi connectivity index (χ1n) is 35.4. The van der Waals surface area contributed by atoms with Crippen molar-refractivity contribution < 1.29 is 42.9 Å². The van der Waals surface area contributed by atoms with Gasteiger partial charge in [0.2, 0.25) is 0 Å². The van der Waals surface area contributed by atoms with Gasteiger partial charge in [-0.25, -0.2) is 4.79 Å². The van der Waals surface area contributed by atoms with Gasteiger partial charge in [-0.05, 0) is 96.3 Å². The number of allylic oxidation sites excluding steroid dienone is 16. The van der Waals surface area contributed by atoms with Crippen LogP contribution in [0, 0.1) is 0 Å². The molecule has 0 rings (SSSR count). The number of nitrogens with zero attached hydrogens (tertiary/aromatic N) is 1. The molecule has 0 saturated carbocycles. The Labute approximate surface area is 524 Å². The fraction of sp³-hybridized carbons (Fsp3) is 0.750. The zero-order chi connectivity index (χ0) is 61.9. The van der Waals surface area contributed by atoms with Crippen molar-refractivity contribution in [2.24, 2.45) is 0 Å². The monoisotopic (exact) mass is 1190 g/mol. The molecule has 0 radical (unpaired) electrons. The molecule has 0 spiro atoms. The number of carbonyl (C=O) groups excluding carboxylic acids is 2. The molecule has 85 heavy (non-hydrogen) atoms. The van der Waals surface area contributed by atoms with Crippen molar-refractivity contribution in [2.75, 3.05) is 47.5 Å². The molecule has 2 atom stereocenters. The summed E-state index contributed by atoms with van der Waals surface area (Å²) >= 11 is 0. The molecule has 9 nitrogen and oxygen atoms in total. The Bertz CT molecular complexity index is 1720. The quantitative estimate of drug-likeness (QED) is 0.0211. The molecule has 0 aromatic rings. The highest BCUT2D eigenvalue weighted by Crippen LogP contribution is 2.18. The highest BCUT2D eigenvalue weighted by Gasteiger charge is 2.25. The Morgan fingerprint density at radius 2 is 0.671 bits per heavy atom. The highest BCUT2D eigenvalue weighted by molar-refractivity contribution is 5.71. The van der Waals surface area contributed by atoms with E-state index in [4.69, 9.17) is 18.9 Å². The Kier molecular flexibility index (Phi) is 63.2. The Hall–Kier alpha value is -3.79. The van der Waals surface area contributed by atoms with Crippen LogP contribution < -0.4 is 0 Å². The van der Waals surface area contributed by atoms with Crippen LogP contribution in [0.4, 0.5) is 0 Å². The maximum atomic E-state index is 12.9. The zero-order valence-corrected chi connectivity index (χ0v) is 56.0. The van der Waals surface area contributed by atoms with Crippen molar-refractivity contribution in [1.82, 2.24) is 0 Å². The SMILES string of the molecule is CC/C=C\C/C=C\C/C=C\C/C=C\C/C=C\C/C=C\C/C=C\CCCCCC(=O)OC(COC(=O)CCCCCCCCCCCCCCCCCCCCCCCCC/C=C\CCCCCCCCCC)COC(OCC[N+](C)(C)C)C(=O)O. The van der Waals surface area contributed by atoms with E-state index in [0.29, 0.717) is 23.9 Å². The lowest BCUT2D eigenvalue weighted by molar-refractivity contribution is -0.870. The average molecular weight is 1190 g/mol. The predicted molar refractivity (Wildman–Crippen MR) is 364 cm³/mol. The van der Waals surface area contributed by atoms with Crippen molar-refractivity contribution in [3.05, 3.63) is 97.2 Å². The molecule has 0 aromatic carbocycles.